The fourth-order valence-corrected chi connectivity index (χ4v) is 1.02. The third kappa shape index (κ3) is 5.26. The summed E-state index contributed by atoms with van der Waals surface area (Å²) in [7, 11) is 0. The van der Waals surface area contributed by atoms with Crippen molar-refractivity contribution in [3.8, 4) is 0 Å². The van der Waals surface area contributed by atoms with E-state index >= 15 is 0 Å². The number of nitrogens with one attached hydrogen (secondary N) is 1. The highest BCUT2D eigenvalue weighted by molar-refractivity contribution is 5.83. The lowest BCUT2D eigenvalue weighted by molar-refractivity contribution is -0.384. The Kier molecular flexibility index (Phi) is 4.96. The summed E-state index contributed by atoms with van der Waals surface area (Å²) in [6, 6.07) is 5.82. The number of nitrogens with two attached hydrogens (primary N) is 1. The SMILES string of the molecule is CC(=O)ONC(N)=NN=Cc1cccc([N+](=O)[O-])c1. The molecule has 9 nitrogen and oxygen atoms in total. The fourth-order valence-electron chi connectivity index (χ4n) is 1.02. The molecule has 0 amide bonds. The van der Waals surface area contributed by atoms with Crippen LogP contribution in [0, 0.1) is 10.1 Å². The largest absolute Gasteiger partial charge is 0.366 e. The van der Waals surface area contributed by atoms with Crippen molar-refractivity contribution >= 4 is 23.8 Å². The van der Waals surface area contributed by atoms with Crippen LogP contribution in [0.25, 0.3) is 0 Å². The van der Waals surface area contributed by atoms with Crippen molar-refractivity contribution in [3.63, 3.8) is 0 Å². The standard InChI is InChI=1S/C10H11N5O4/c1-7(16)19-14-10(11)13-12-6-8-3-2-4-9(5-8)15(17)18/h2-6H,1H3,(H3,11,13,14). The predicted octanol–water partition coefficient (Wildman–Crippen LogP) is 0.311. The van der Waals surface area contributed by atoms with Crippen LogP contribution >= 0.6 is 0 Å². The Morgan fingerprint density at radius 1 is 1.58 bits per heavy atom. The van der Waals surface area contributed by atoms with Gasteiger partial charge in [0.05, 0.1) is 11.1 Å². The number of carbonyl (C=O) groups is 1. The van der Waals surface area contributed by atoms with Gasteiger partial charge in [-0.15, -0.1) is 5.10 Å². The summed E-state index contributed by atoms with van der Waals surface area (Å²) in [6.07, 6.45) is 1.27. The van der Waals surface area contributed by atoms with Crippen LogP contribution in [0.2, 0.25) is 0 Å². The summed E-state index contributed by atoms with van der Waals surface area (Å²) in [5.41, 5.74) is 7.79. The maximum absolute atomic E-state index is 10.5. The summed E-state index contributed by atoms with van der Waals surface area (Å²) < 4.78 is 0. The van der Waals surface area contributed by atoms with E-state index in [1.807, 2.05) is 0 Å². The van der Waals surface area contributed by atoms with E-state index in [2.05, 4.69) is 20.5 Å². The number of nitrogens with zero attached hydrogens (tertiary/aromatic N) is 3. The fraction of sp³-hybridized carbons (Fsp3) is 0.100. The normalized spacial score (nSPS) is 11.3. The molecule has 0 atom stereocenters. The van der Waals surface area contributed by atoms with Crippen LogP contribution in [0.4, 0.5) is 5.69 Å². The van der Waals surface area contributed by atoms with Crippen LogP contribution < -0.4 is 11.2 Å². The van der Waals surface area contributed by atoms with Crippen LogP contribution in [0.5, 0.6) is 0 Å². The van der Waals surface area contributed by atoms with Gasteiger partial charge < -0.3 is 10.6 Å². The lowest BCUT2D eigenvalue weighted by Gasteiger charge is -2.00. The smallest absolute Gasteiger partial charge is 0.329 e. The van der Waals surface area contributed by atoms with Crippen molar-refractivity contribution in [2.75, 3.05) is 0 Å². The Morgan fingerprint density at radius 2 is 2.32 bits per heavy atom. The van der Waals surface area contributed by atoms with Crippen LogP contribution in [0.3, 0.4) is 0 Å². The predicted molar refractivity (Wildman–Crippen MR) is 67.2 cm³/mol. The summed E-state index contributed by atoms with van der Waals surface area (Å²) in [5.74, 6) is -0.808. The maximum atomic E-state index is 10.5. The van der Waals surface area contributed by atoms with E-state index in [9.17, 15) is 14.9 Å². The van der Waals surface area contributed by atoms with Gasteiger partial charge in [0.2, 0.25) is 5.96 Å². The molecule has 19 heavy (non-hydrogen) atoms. The summed E-state index contributed by atoms with van der Waals surface area (Å²) in [5, 5.41) is 17.6. The third-order valence-corrected chi connectivity index (χ3v) is 1.75. The van der Waals surface area contributed by atoms with Gasteiger partial charge in [0.15, 0.2) is 0 Å². The molecule has 0 bridgehead atoms. The van der Waals surface area contributed by atoms with E-state index in [0.29, 0.717) is 5.56 Å². The minimum atomic E-state index is -0.583. The highest BCUT2D eigenvalue weighted by Crippen LogP contribution is 2.11. The van der Waals surface area contributed by atoms with Crippen molar-refractivity contribution in [2.24, 2.45) is 15.9 Å². The highest BCUT2D eigenvalue weighted by atomic mass is 16.7. The molecule has 0 aliphatic rings. The quantitative estimate of drug-likeness (QED) is 0.350. The van der Waals surface area contributed by atoms with E-state index in [1.54, 1.807) is 6.07 Å². The zero-order valence-corrected chi connectivity index (χ0v) is 9.94. The molecule has 0 aliphatic heterocycles. The second-order valence-corrected chi connectivity index (χ2v) is 3.28. The van der Waals surface area contributed by atoms with E-state index in [1.165, 1.54) is 31.3 Å². The van der Waals surface area contributed by atoms with Gasteiger partial charge in [0.25, 0.3) is 5.69 Å². The Hall–Kier alpha value is -2.97. The zero-order chi connectivity index (χ0) is 14.3. The number of nitro groups is 1. The van der Waals surface area contributed by atoms with Gasteiger partial charge in [-0.1, -0.05) is 12.1 Å². The number of hydrogen-bond donors (Lipinski definition) is 2. The first-order valence-corrected chi connectivity index (χ1v) is 5.03. The number of benzene rings is 1. The monoisotopic (exact) mass is 265 g/mol. The maximum Gasteiger partial charge on any atom is 0.329 e. The van der Waals surface area contributed by atoms with E-state index in [0.717, 1.165) is 0 Å². The molecule has 0 fully saturated rings. The van der Waals surface area contributed by atoms with E-state index in [-0.39, 0.29) is 11.6 Å². The van der Waals surface area contributed by atoms with Gasteiger partial charge in [0, 0.05) is 24.6 Å². The van der Waals surface area contributed by atoms with Crippen molar-refractivity contribution in [1.82, 2.24) is 5.48 Å². The Morgan fingerprint density at radius 3 is 2.95 bits per heavy atom. The molecule has 0 aromatic heterocycles. The molecule has 0 spiro atoms. The summed E-state index contributed by atoms with van der Waals surface area (Å²) >= 11 is 0. The van der Waals surface area contributed by atoms with Crippen molar-refractivity contribution in [1.29, 1.82) is 0 Å². The van der Waals surface area contributed by atoms with Crippen molar-refractivity contribution in [3.05, 3.63) is 39.9 Å². The van der Waals surface area contributed by atoms with E-state index in [4.69, 9.17) is 5.73 Å². The molecule has 1 aromatic carbocycles. The first kappa shape index (κ1) is 14.1. The molecule has 9 heteroatoms. The molecule has 100 valence electrons. The second-order valence-electron chi connectivity index (χ2n) is 3.28. The van der Waals surface area contributed by atoms with Crippen LogP contribution in [0.1, 0.15) is 12.5 Å². The molecular formula is C10H11N5O4. The topological polar surface area (TPSA) is 132 Å². The lowest BCUT2D eigenvalue weighted by atomic mass is 10.2. The average Bonchev–Trinajstić information content (AvgIpc) is 2.36. The van der Waals surface area contributed by atoms with Gasteiger partial charge in [-0.05, 0) is 0 Å². The summed E-state index contributed by atoms with van der Waals surface area (Å²) in [6.45, 7) is 1.19. The number of hydrogen-bond acceptors (Lipinski definition) is 6. The van der Waals surface area contributed by atoms with Crippen LogP contribution in [-0.4, -0.2) is 23.1 Å². The molecule has 3 N–H and O–H groups in total. The number of carbonyl (C=O) groups excluding carboxylic acids is 1. The molecule has 1 aromatic rings. The van der Waals surface area contributed by atoms with Gasteiger partial charge in [0.1, 0.15) is 0 Å². The lowest BCUT2D eigenvalue weighted by Crippen LogP contribution is -2.32. The number of nitro benzene ring substituents is 1. The Balaban J connectivity index is 2.66. The van der Waals surface area contributed by atoms with Crippen molar-refractivity contribution < 1.29 is 14.6 Å². The Labute approximate surface area is 107 Å². The van der Waals surface area contributed by atoms with Crippen molar-refractivity contribution in [2.45, 2.75) is 6.92 Å². The third-order valence-electron chi connectivity index (χ3n) is 1.75. The summed E-state index contributed by atoms with van der Waals surface area (Å²) in [4.78, 5) is 24.8. The van der Waals surface area contributed by atoms with Crippen LogP contribution in [0.15, 0.2) is 34.5 Å². The number of guanidine groups is 1. The molecule has 0 radical (unpaired) electrons. The van der Waals surface area contributed by atoms with Gasteiger partial charge in [-0.25, -0.2) is 0 Å². The number of non-ortho nitro benzene ring substituents is 1. The minimum absolute atomic E-state index is 0.0565. The minimum Gasteiger partial charge on any atom is -0.366 e. The van der Waals surface area contributed by atoms with Gasteiger partial charge in [-0.3, -0.25) is 14.9 Å². The van der Waals surface area contributed by atoms with Crippen LogP contribution in [-0.2, 0) is 9.63 Å². The second kappa shape index (κ2) is 6.69. The number of hydroxylamine groups is 1. The molecule has 0 aliphatic carbocycles. The molecule has 0 heterocycles. The molecule has 1 rings (SSSR count). The average molecular weight is 265 g/mol. The van der Waals surface area contributed by atoms with E-state index < -0.39 is 10.9 Å². The highest BCUT2D eigenvalue weighted by Gasteiger charge is 2.03. The molecule has 0 saturated carbocycles. The first-order valence-electron chi connectivity index (χ1n) is 5.03. The Bertz CT molecular complexity index is 540. The first-order chi connectivity index (χ1) is 8.99. The van der Waals surface area contributed by atoms with Gasteiger partial charge >= 0.3 is 5.97 Å². The molecule has 0 unspecified atom stereocenters. The van der Waals surface area contributed by atoms with Gasteiger partial charge in [-0.2, -0.15) is 10.6 Å². The molecule has 0 saturated heterocycles. The number of rotatable bonds is 3. The molecular weight excluding hydrogens is 254 g/mol. The zero-order valence-electron chi connectivity index (χ0n) is 9.94.